The molecule has 2 aliphatic rings. The Kier molecular flexibility index (Phi) is 6.13. The van der Waals surface area contributed by atoms with Crippen molar-refractivity contribution < 1.29 is 17.9 Å². The van der Waals surface area contributed by atoms with E-state index in [0.717, 1.165) is 0 Å². The van der Waals surface area contributed by atoms with Crippen molar-refractivity contribution in [1.82, 2.24) is 10.2 Å². The number of ether oxygens (including phenoxy) is 1. The van der Waals surface area contributed by atoms with E-state index in [1.165, 1.54) is 17.3 Å². The fraction of sp³-hybridized carbons (Fsp3) is 0.208. The predicted molar refractivity (Wildman–Crippen MR) is 129 cm³/mol. The van der Waals surface area contributed by atoms with Gasteiger partial charge in [-0.05, 0) is 55.3 Å². The van der Waals surface area contributed by atoms with E-state index >= 15 is 0 Å². The number of sulfonamides is 1. The molecule has 3 N–H and O–H groups in total. The second-order valence-corrected chi connectivity index (χ2v) is 9.94. The zero-order valence-electron chi connectivity index (χ0n) is 18.6. The molecule has 34 heavy (non-hydrogen) atoms. The molecule has 174 valence electrons. The Morgan fingerprint density at radius 1 is 1.21 bits per heavy atom. The molecule has 1 aliphatic carbocycles. The van der Waals surface area contributed by atoms with Crippen molar-refractivity contribution in [1.29, 1.82) is 10.7 Å². The third-order valence-electron chi connectivity index (χ3n) is 5.41. The van der Waals surface area contributed by atoms with Crippen LogP contribution in [0, 0.1) is 16.7 Å². The Bertz CT molecular complexity index is 1370. The summed E-state index contributed by atoms with van der Waals surface area (Å²) in [4.78, 5) is 13.9. The van der Waals surface area contributed by atoms with Crippen molar-refractivity contribution in [3.8, 4) is 17.6 Å². The normalized spacial score (nSPS) is 17.3. The lowest BCUT2D eigenvalue weighted by Crippen LogP contribution is -2.33. The van der Waals surface area contributed by atoms with Crippen LogP contribution in [0.5, 0.6) is 11.5 Å². The molecule has 9 nitrogen and oxygen atoms in total. The van der Waals surface area contributed by atoms with Gasteiger partial charge in [0.15, 0.2) is 0 Å². The number of benzene rings is 2. The van der Waals surface area contributed by atoms with Crippen molar-refractivity contribution >= 4 is 32.9 Å². The first-order valence-electron chi connectivity index (χ1n) is 10.5. The predicted octanol–water partition coefficient (Wildman–Crippen LogP) is 3.19. The van der Waals surface area contributed by atoms with Gasteiger partial charge in [0.25, 0.3) is 5.91 Å². The zero-order chi connectivity index (χ0) is 24.5. The molecule has 1 amide bonds. The lowest BCUT2D eigenvalue weighted by Gasteiger charge is -2.25. The topological polar surface area (TPSA) is 135 Å². The number of nitrogens with one attached hydrogen (secondary N) is 3. The third kappa shape index (κ3) is 4.65. The molecule has 1 heterocycles. The van der Waals surface area contributed by atoms with Crippen LogP contribution in [0.3, 0.4) is 0 Å². The monoisotopic (exact) mass is 477 g/mol. The molecule has 0 atom stereocenters. The number of hydrogen-bond acceptors (Lipinski definition) is 7. The van der Waals surface area contributed by atoms with Gasteiger partial charge in [0.05, 0.1) is 28.2 Å². The van der Waals surface area contributed by atoms with Gasteiger partial charge in [-0.2, -0.15) is 5.26 Å². The van der Waals surface area contributed by atoms with Crippen LogP contribution in [0.15, 0.2) is 60.4 Å². The number of amides is 1. The molecule has 10 heteroatoms. The number of nitrogens with zero attached hydrogens (tertiary/aromatic N) is 2. The van der Waals surface area contributed by atoms with Crippen molar-refractivity contribution in [2.75, 3.05) is 18.8 Å². The first-order valence-corrected chi connectivity index (χ1v) is 12.1. The average molecular weight is 478 g/mol. The van der Waals surface area contributed by atoms with E-state index in [1.54, 1.807) is 56.6 Å². The fourth-order valence-electron chi connectivity index (χ4n) is 3.48. The summed E-state index contributed by atoms with van der Waals surface area (Å²) < 4.78 is 33.6. The lowest BCUT2D eigenvalue weighted by molar-refractivity contribution is -0.123. The minimum atomic E-state index is -3.50. The number of anilines is 1. The molecular formula is C24H23N5O4S. The average Bonchev–Trinajstić information content (AvgIpc) is 3.67. The maximum absolute atomic E-state index is 12.6. The highest BCUT2D eigenvalue weighted by molar-refractivity contribution is 7.93. The number of rotatable bonds is 7. The molecular weight excluding hydrogens is 454 g/mol. The molecule has 1 saturated carbocycles. The standard InChI is InChI=1S/C24H23N5O4S/c1-27-13-20-23(26)21(14-29(2)24(20)30)19-11-16(28-34(31,32)18-8-9-18)5-10-22(19)33-17-6-3-15(12-25)4-7-17/h3-7,10-11,13-14,18,26-28H,8-9H2,1-2H3/b20-13+,26-23?. The molecule has 1 aliphatic heterocycles. The molecule has 0 unspecified atom stereocenters. The Morgan fingerprint density at radius 3 is 2.53 bits per heavy atom. The number of nitriles is 1. The maximum Gasteiger partial charge on any atom is 0.261 e. The van der Waals surface area contributed by atoms with Crippen molar-refractivity contribution in [2.45, 2.75) is 18.1 Å². The number of carbonyl (C=O) groups excluding carboxylic acids is 1. The van der Waals surface area contributed by atoms with Gasteiger partial charge in [0.1, 0.15) is 11.5 Å². The van der Waals surface area contributed by atoms with Crippen LogP contribution in [0.2, 0.25) is 0 Å². The molecule has 0 saturated heterocycles. The molecule has 2 aromatic carbocycles. The maximum atomic E-state index is 12.6. The van der Waals surface area contributed by atoms with Gasteiger partial charge in [-0.15, -0.1) is 0 Å². The number of allylic oxidation sites excluding steroid dienone is 1. The Morgan fingerprint density at radius 2 is 1.91 bits per heavy atom. The summed E-state index contributed by atoms with van der Waals surface area (Å²) in [5.41, 5.74) is 1.78. The molecule has 0 radical (unpaired) electrons. The number of likely N-dealkylation sites (N-methyl/N-ethyl adjacent to an activating group) is 1. The van der Waals surface area contributed by atoms with Crippen molar-refractivity contribution in [3.63, 3.8) is 0 Å². The van der Waals surface area contributed by atoms with Crippen LogP contribution in [0.25, 0.3) is 5.57 Å². The first kappa shape index (κ1) is 23.1. The quantitative estimate of drug-likeness (QED) is 0.524. The minimum Gasteiger partial charge on any atom is -0.457 e. The van der Waals surface area contributed by atoms with Gasteiger partial charge in [-0.25, -0.2) is 8.42 Å². The SMILES string of the molecule is CN/C=C1\C(=N)C(c2cc(NS(=O)(=O)C3CC3)ccc2Oc2ccc(C#N)cc2)=CN(C)C1=O. The van der Waals surface area contributed by atoms with Gasteiger partial charge < -0.3 is 15.0 Å². The molecule has 4 rings (SSSR count). The van der Waals surface area contributed by atoms with E-state index in [0.29, 0.717) is 46.7 Å². The van der Waals surface area contributed by atoms with Crippen LogP contribution < -0.4 is 14.8 Å². The largest absolute Gasteiger partial charge is 0.457 e. The van der Waals surface area contributed by atoms with Crippen LogP contribution in [-0.2, 0) is 14.8 Å². The summed E-state index contributed by atoms with van der Waals surface area (Å²) in [7, 11) is -0.280. The fourth-order valence-corrected chi connectivity index (χ4v) is 4.86. The van der Waals surface area contributed by atoms with Crippen LogP contribution in [0.1, 0.15) is 24.0 Å². The second-order valence-electron chi connectivity index (χ2n) is 7.98. The van der Waals surface area contributed by atoms with E-state index in [4.69, 9.17) is 15.4 Å². The minimum absolute atomic E-state index is 0.0238. The Hall–Kier alpha value is -4.10. The lowest BCUT2D eigenvalue weighted by atomic mass is 9.92. The van der Waals surface area contributed by atoms with Gasteiger partial charge in [-0.3, -0.25) is 14.9 Å². The second kappa shape index (κ2) is 9.03. The van der Waals surface area contributed by atoms with Gasteiger partial charge in [-0.1, -0.05) is 0 Å². The molecule has 0 bridgehead atoms. The summed E-state index contributed by atoms with van der Waals surface area (Å²) in [6, 6.07) is 13.4. The number of carbonyl (C=O) groups is 1. The molecule has 1 fully saturated rings. The highest BCUT2D eigenvalue weighted by Crippen LogP contribution is 2.37. The van der Waals surface area contributed by atoms with Crippen LogP contribution >= 0.6 is 0 Å². The summed E-state index contributed by atoms with van der Waals surface area (Å²) in [6.07, 6.45) is 4.23. The van der Waals surface area contributed by atoms with E-state index in [9.17, 15) is 13.2 Å². The molecule has 0 aromatic heterocycles. The van der Waals surface area contributed by atoms with E-state index in [-0.39, 0.29) is 17.2 Å². The van der Waals surface area contributed by atoms with Gasteiger partial charge in [0, 0.05) is 43.3 Å². The summed E-state index contributed by atoms with van der Waals surface area (Å²) in [6.45, 7) is 0. The highest BCUT2D eigenvalue weighted by atomic mass is 32.2. The van der Waals surface area contributed by atoms with Crippen molar-refractivity contribution in [2.24, 2.45) is 0 Å². The van der Waals surface area contributed by atoms with E-state index < -0.39 is 15.3 Å². The zero-order valence-corrected chi connectivity index (χ0v) is 19.4. The van der Waals surface area contributed by atoms with E-state index in [2.05, 4.69) is 10.0 Å². The van der Waals surface area contributed by atoms with E-state index in [1.807, 2.05) is 6.07 Å². The van der Waals surface area contributed by atoms with Gasteiger partial charge in [0.2, 0.25) is 10.0 Å². The Labute approximate surface area is 197 Å². The summed E-state index contributed by atoms with van der Waals surface area (Å²) in [5.74, 6) is 0.481. The Balaban J connectivity index is 1.79. The summed E-state index contributed by atoms with van der Waals surface area (Å²) in [5, 5.41) is 20.1. The highest BCUT2D eigenvalue weighted by Gasteiger charge is 2.36. The molecule has 2 aromatic rings. The molecule has 0 spiro atoms. The number of hydrogen-bond donors (Lipinski definition) is 3. The summed E-state index contributed by atoms with van der Waals surface area (Å²) >= 11 is 0. The third-order valence-corrected chi connectivity index (χ3v) is 7.27. The smallest absolute Gasteiger partial charge is 0.261 e. The van der Waals surface area contributed by atoms with Crippen LogP contribution in [-0.4, -0.2) is 44.3 Å². The first-order chi connectivity index (χ1) is 16.2. The van der Waals surface area contributed by atoms with Gasteiger partial charge >= 0.3 is 0 Å². The van der Waals surface area contributed by atoms with Crippen LogP contribution in [0.4, 0.5) is 5.69 Å². The van der Waals surface area contributed by atoms with Crippen molar-refractivity contribution in [3.05, 3.63) is 71.6 Å².